The van der Waals surface area contributed by atoms with Gasteiger partial charge < -0.3 is 20.2 Å². The number of carbonyl (C=O) groups excluding carboxylic acids is 1. The van der Waals surface area contributed by atoms with Gasteiger partial charge in [0.2, 0.25) is 0 Å². The smallest absolute Gasteiger partial charge is 0.407 e. The van der Waals surface area contributed by atoms with Crippen LogP contribution in [0.15, 0.2) is 18.2 Å². The van der Waals surface area contributed by atoms with Crippen LogP contribution in [0, 0.1) is 5.82 Å². The van der Waals surface area contributed by atoms with E-state index in [9.17, 15) is 14.0 Å². The Labute approximate surface area is 121 Å². The van der Waals surface area contributed by atoms with E-state index in [1.807, 2.05) is 0 Å². The molecule has 3 amide bonds. The maximum atomic E-state index is 13.6. The van der Waals surface area contributed by atoms with Gasteiger partial charge >= 0.3 is 12.1 Å². The molecule has 0 aromatic heterocycles. The van der Waals surface area contributed by atoms with Crippen molar-refractivity contribution in [2.24, 2.45) is 0 Å². The Hall–Kier alpha value is -2.31. The summed E-state index contributed by atoms with van der Waals surface area (Å²) in [6, 6.07) is 4.40. The van der Waals surface area contributed by atoms with Crippen LogP contribution in [0.5, 0.6) is 0 Å². The molecule has 1 saturated heterocycles. The number of nitrogens with zero attached hydrogens (tertiary/aromatic N) is 2. The molecule has 2 aliphatic heterocycles. The molecular weight excluding hydrogens is 277 g/mol. The molecule has 7 heteroatoms. The van der Waals surface area contributed by atoms with Gasteiger partial charge in [-0.2, -0.15) is 0 Å². The number of hydrogen-bond acceptors (Lipinski definition) is 2. The number of benzene rings is 1. The van der Waals surface area contributed by atoms with Gasteiger partial charge in [-0.05, 0) is 24.5 Å². The molecular formula is C14H16FN3O3. The van der Waals surface area contributed by atoms with Crippen molar-refractivity contribution >= 4 is 17.8 Å². The van der Waals surface area contributed by atoms with Gasteiger partial charge in [-0.25, -0.2) is 14.0 Å². The number of hydrogen-bond donors (Lipinski definition) is 2. The number of para-hydroxylation sites is 1. The molecule has 2 aliphatic rings. The quantitative estimate of drug-likeness (QED) is 0.834. The van der Waals surface area contributed by atoms with Crippen molar-refractivity contribution in [2.45, 2.75) is 25.4 Å². The van der Waals surface area contributed by atoms with Crippen LogP contribution in [0.1, 0.15) is 18.4 Å². The SMILES string of the molecule is O=C(O)N1CCC(N2Cc3cccc(F)c3NC2=O)CC1. The monoisotopic (exact) mass is 293 g/mol. The van der Waals surface area contributed by atoms with Gasteiger partial charge in [0, 0.05) is 25.7 Å². The fraction of sp³-hybridized carbons (Fsp3) is 0.429. The molecule has 0 aliphatic carbocycles. The van der Waals surface area contributed by atoms with E-state index in [2.05, 4.69) is 5.32 Å². The Bertz CT molecular complexity index is 585. The molecule has 2 heterocycles. The standard InChI is InChI=1S/C14H16FN3O3/c15-11-3-1-2-9-8-18(13(19)16-12(9)11)10-4-6-17(7-5-10)14(20)21/h1-3,10H,4-8H2,(H,16,19)(H,20,21). The summed E-state index contributed by atoms with van der Waals surface area (Å²) in [7, 11) is 0. The van der Waals surface area contributed by atoms with E-state index in [-0.39, 0.29) is 17.8 Å². The molecule has 6 nitrogen and oxygen atoms in total. The van der Waals surface area contributed by atoms with Crippen molar-refractivity contribution in [1.29, 1.82) is 0 Å². The first-order valence-electron chi connectivity index (χ1n) is 6.89. The molecule has 0 unspecified atom stereocenters. The molecule has 2 N–H and O–H groups in total. The highest BCUT2D eigenvalue weighted by molar-refractivity contribution is 5.92. The van der Waals surface area contributed by atoms with E-state index < -0.39 is 11.9 Å². The van der Waals surface area contributed by atoms with Crippen LogP contribution in [0.4, 0.5) is 19.7 Å². The van der Waals surface area contributed by atoms with Crippen molar-refractivity contribution in [3.05, 3.63) is 29.6 Å². The maximum Gasteiger partial charge on any atom is 0.407 e. The van der Waals surface area contributed by atoms with E-state index in [4.69, 9.17) is 5.11 Å². The zero-order valence-electron chi connectivity index (χ0n) is 11.4. The zero-order valence-corrected chi connectivity index (χ0v) is 11.4. The fourth-order valence-electron chi connectivity index (χ4n) is 2.94. The van der Waals surface area contributed by atoms with E-state index in [1.165, 1.54) is 11.0 Å². The van der Waals surface area contributed by atoms with E-state index in [0.29, 0.717) is 32.5 Å². The molecule has 1 fully saturated rings. The molecule has 1 aromatic rings. The lowest BCUT2D eigenvalue weighted by Gasteiger charge is -2.39. The number of nitrogens with one attached hydrogen (secondary N) is 1. The molecule has 0 spiro atoms. The minimum Gasteiger partial charge on any atom is -0.465 e. The van der Waals surface area contributed by atoms with Crippen LogP contribution in [0.2, 0.25) is 0 Å². The summed E-state index contributed by atoms with van der Waals surface area (Å²) in [4.78, 5) is 26.1. The molecule has 0 radical (unpaired) electrons. The summed E-state index contributed by atoms with van der Waals surface area (Å²) in [6.45, 7) is 1.19. The summed E-state index contributed by atoms with van der Waals surface area (Å²) in [6.07, 6.45) is 0.276. The third-order valence-corrected chi connectivity index (χ3v) is 4.11. The largest absolute Gasteiger partial charge is 0.465 e. The highest BCUT2D eigenvalue weighted by atomic mass is 19.1. The van der Waals surface area contributed by atoms with Crippen molar-refractivity contribution in [1.82, 2.24) is 9.80 Å². The van der Waals surface area contributed by atoms with Crippen molar-refractivity contribution in [2.75, 3.05) is 18.4 Å². The second-order valence-corrected chi connectivity index (χ2v) is 5.33. The maximum absolute atomic E-state index is 13.6. The minimum absolute atomic E-state index is 0.0167. The Morgan fingerprint density at radius 1 is 1.33 bits per heavy atom. The second-order valence-electron chi connectivity index (χ2n) is 5.33. The number of urea groups is 1. The highest BCUT2D eigenvalue weighted by Gasteiger charge is 2.33. The summed E-state index contributed by atoms with van der Waals surface area (Å²) < 4.78 is 13.6. The topological polar surface area (TPSA) is 72.9 Å². The number of halogens is 1. The van der Waals surface area contributed by atoms with Crippen LogP contribution >= 0.6 is 0 Å². The van der Waals surface area contributed by atoms with Gasteiger partial charge in [0.15, 0.2) is 0 Å². The van der Waals surface area contributed by atoms with Crippen LogP contribution in [-0.2, 0) is 6.54 Å². The minimum atomic E-state index is -0.927. The summed E-state index contributed by atoms with van der Waals surface area (Å²) in [5, 5.41) is 11.5. The van der Waals surface area contributed by atoms with Crippen LogP contribution < -0.4 is 5.32 Å². The molecule has 0 bridgehead atoms. The number of carbonyl (C=O) groups is 2. The first kappa shape index (κ1) is 13.7. The van der Waals surface area contributed by atoms with E-state index in [1.54, 1.807) is 17.0 Å². The molecule has 0 saturated carbocycles. The van der Waals surface area contributed by atoms with Gasteiger partial charge in [0.25, 0.3) is 0 Å². The number of anilines is 1. The molecule has 21 heavy (non-hydrogen) atoms. The van der Waals surface area contributed by atoms with Gasteiger partial charge in [-0.15, -0.1) is 0 Å². The third-order valence-electron chi connectivity index (χ3n) is 4.11. The van der Waals surface area contributed by atoms with Crippen LogP contribution in [0.3, 0.4) is 0 Å². The summed E-state index contributed by atoms with van der Waals surface area (Å²) in [5.41, 5.74) is 0.997. The van der Waals surface area contributed by atoms with Crippen molar-refractivity contribution in [3.63, 3.8) is 0 Å². The number of rotatable bonds is 1. The lowest BCUT2D eigenvalue weighted by atomic mass is 10.0. The Morgan fingerprint density at radius 3 is 2.71 bits per heavy atom. The van der Waals surface area contributed by atoms with Gasteiger partial charge in [0.05, 0.1) is 5.69 Å². The number of amides is 3. The van der Waals surface area contributed by atoms with Crippen molar-refractivity contribution in [3.8, 4) is 0 Å². The number of carboxylic acid groups (broad SMARTS) is 1. The second kappa shape index (κ2) is 5.23. The normalized spacial score (nSPS) is 19.2. The number of piperidine rings is 1. The van der Waals surface area contributed by atoms with E-state index >= 15 is 0 Å². The third kappa shape index (κ3) is 2.51. The molecule has 3 rings (SSSR count). The summed E-state index contributed by atoms with van der Waals surface area (Å²) >= 11 is 0. The Morgan fingerprint density at radius 2 is 2.05 bits per heavy atom. The average molecular weight is 293 g/mol. The van der Waals surface area contributed by atoms with Gasteiger partial charge in [0.1, 0.15) is 5.82 Å². The lowest BCUT2D eigenvalue weighted by Crippen LogP contribution is -2.51. The average Bonchev–Trinajstić information content (AvgIpc) is 2.48. The predicted octanol–water partition coefficient (Wildman–Crippen LogP) is 2.32. The number of likely N-dealkylation sites (tertiary alicyclic amines) is 1. The first-order chi connectivity index (χ1) is 10.1. The first-order valence-corrected chi connectivity index (χ1v) is 6.89. The summed E-state index contributed by atoms with van der Waals surface area (Å²) in [5.74, 6) is -0.429. The predicted molar refractivity (Wildman–Crippen MR) is 73.6 cm³/mol. The van der Waals surface area contributed by atoms with Crippen LogP contribution in [0.25, 0.3) is 0 Å². The highest BCUT2D eigenvalue weighted by Crippen LogP contribution is 2.29. The molecule has 0 atom stereocenters. The van der Waals surface area contributed by atoms with E-state index in [0.717, 1.165) is 5.56 Å². The molecule has 112 valence electrons. The van der Waals surface area contributed by atoms with Gasteiger partial charge in [-0.3, -0.25) is 0 Å². The molecule has 1 aromatic carbocycles. The van der Waals surface area contributed by atoms with Crippen molar-refractivity contribution < 1.29 is 19.1 Å². The Balaban J connectivity index is 1.73. The lowest BCUT2D eigenvalue weighted by molar-refractivity contribution is 0.104. The number of fused-ring (bicyclic) bond motifs is 1. The van der Waals surface area contributed by atoms with Crippen LogP contribution in [-0.4, -0.2) is 46.2 Å². The fourth-order valence-corrected chi connectivity index (χ4v) is 2.94. The Kier molecular flexibility index (Phi) is 3.40. The zero-order chi connectivity index (χ0) is 15.0. The van der Waals surface area contributed by atoms with Gasteiger partial charge in [-0.1, -0.05) is 12.1 Å².